The number of carbonyl (C=O) groups is 1. The molecule has 0 spiro atoms. The van der Waals surface area contributed by atoms with Crippen molar-refractivity contribution >= 4 is 13.7 Å². The lowest BCUT2D eigenvalue weighted by Gasteiger charge is -2.25. The number of carbonyl (C=O) groups excluding carboxylic acids is 1. The van der Waals surface area contributed by atoms with Gasteiger partial charge < -0.3 is 19.8 Å². The van der Waals surface area contributed by atoms with Gasteiger partial charge in [0.2, 0.25) is 5.91 Å². The smallest absolute Gasteiger partial charge is 0.387 e. The first-order chi connectivity index (χ1) is 36.0. The quantitative estimate of drug-likeness (QED) is 0.0243. The Morgan fingerprint density at radius 3 is 1.16 bits per heavy atom. The fourth-order valence-electron chi connectivity index (χ4n) is 9.50. The number of aliphatic hydroxyl groups excluding tert-OH is 1. The van der Waals surface area contributed by atoms with Crippen LogP contribution in [0.15, 0.2) is 48.6 Å². The number of phosphoric acid groups is 1. The van der Waals surface area contributed by atoms with Gasteiger partial charge in [0.15, 0.2) is 0 Å². The number of quaternary nitrogens is 1. The van der Waals surface area contributed by atoms with Crippen LogP contribution >= 0.6 is 7.82 Å². The van der Waals surface area contributed by atoms with Crippen LogP contribution < -0.4 is 5.32 Å². The summed E-state index contributed by atoms with van der Waals surface area (Å²) in [5.41, 5.74) is 0. The third kappa shape index (κ3) is 58.1. The van der Waals surface area contributed by atoms with Crippen molar-refractivity contribution in [2.75, 3.05) is 40.9 Å². The normalized spacial score (nSPS) is 14.1. The van der Waals surface area contributed by atoms with Gasteiger partial charge in [0.05, 0.1) is 39.9 Å². The molecular formula is C65H126N2O6P+. The molecule has 3 atom stereocenters. The molecule has 0 aromatic carbocycles. The zero-order valence-electron chi connectivity index (χ0n) is 49.8. The van der Waals surface area contributed by atoms with E-state index in [1.807, 2.05) is 27.2 Å². The molecule has 436 valence electrons. The molecule has 1 amide bonds. The number of unbranched alkanes of at least 4 members (excludes halogenated alkanes) is 40. The summed E-state index contributed by atoms with van der Waals surface area (Å²) in [4.78, 5) is 23.2. The summed E-state index contributed by atoms with van der Waals surface area (Å²) in [6.45, 7) is 4.78. The SMILES string of the molecule is CCCCCCC/C=C\C/C=C\CCCCCCCCCCCCCCCCCCCCCCCCCCCCCCCC(=O)NC(COP(=O)(O)OCC[N+](C)(C)C)C(O)/C=C/CC/C=C/CCCCCCC. The Morgan fingerprint density at radius 2 is 0.784 bits per heavy atom. The molecule has 0 bridgehead atoms. The number of amides is 1. The van der Waals surface area contributed by atoms with Crippen molar-refractivity contribution in [1.82, 2.24) is 5.32 Å². The number of likely N-dealkylation sites (N-methyl/N-ethyl adjacent to an activating group) is 1. The topological polar surface area (TPSA) is 105 Å². The Bertz CT molecular complexity index is 1340. The summed E-state index contributed by atoms with van der Waals surface area (Å²) in [7, 11) is 1.56. The maximum Gasteiger partial charge on any atom is 0.472 e. The second-order valence-corrected chi connectivity index (χ2v) is 24.6. The van der Waals surface area contributed by atoms with E-state index in [4.69, 9.17) is 9.05 Å². The number of nitrogens with zero attached hydrogens (tertiary/aromatic N) is 1. The van der Waals surface area contributed by atoms with Crippen LogP contribution in [0, 0.1) is 0 Å². The van der Waals surface area contributed by atoms with Gasteiger partial charge in [-0.1, -0.05) is 287 Å². The Morgan fingerprint density at radius 1 is 0.459 bits per heavy atom. The van der Waals surface area contributed by atoms with E-state index in [1.54, 1.807) is 6.08 Å². The molecule has 8 nitrogen and oxygen atoms in total. The van der Waals surface area contributed by atoms with E-state index in [1.165, 1.54) is 244 Å². The van der Waals surface area contributed by atoms with E-state index in [0.717, 1.165) is 44.9 Å². The molecule has 0 fully saturated rings. The van der Waals surface area contributed by atoms with Crippen molar-refractivity contribution in [3.05, 3.63) is 48.6 Å². The Balaban J connectivity index is 3.80. The highest BCUT2D eigenvalue weighted by Gasteiger charge is 2.27. The van der Waals surface area contributed by atoms with Crippen molar-refractivity contribution in [3.8, 4) is 0 Å². The molecule has 0 aliphatic carbocycles. The summed E-state index contributed by atoms with van der Waals surface area (Å²) >= 11 is 0. The maximum absolute atomic E-state index is 12.9. The van der Waals surface area contributed by atoms with Gasteiger partial charge in [-0.3, -0.25) is 13.8 Å². The molecule has 0 aliphatic heterocycles. The number of aliphatic hydroxyl groups is 1. The minimum absolute atomic E-state index is 0.0572. The van der Waals surface area contributed by atoms with Gasteiger partial charge in [0.1, 0.15) is 13.2 Å². The molecule has 0 saturated carbocycles. The van der Waals surface area contributed by atoms with Gasteiger partial charge in [-0.25, -0.2) is 4.57 Å². The molecule has 9 heteroatoms. The van der Waals surface area contributed by atoms with Crippen LogP contribution in [0.25, 0.3) is 0 Å². The second-order valence-electron chi connectivity index (χ2n) is 23.1. The maximum atomic E-state index is 12.9. The third-order valence-corrected chi connectivity index (χ3v) is 15.5. The minimum atomic E-state index is -4.35. The molecule has 3 unspecified atom stereocenters. The van der Waals surface area contributed by atoms with Gasteiger partial charge in [-0.15, -0.1) is 0 Å². The zero-order valence-corrected chi connectivity index (χ0v) is 50.7. The first-order valence-electron chi connectivity index (χ1n) is 32.0. The van der Waals surface area contributed by atoms with E-state index in [0.29, 0.717) is 17.4 Å². The van der Waals surface area contributed by atoms with E-state index in [-0.39, 0.29) is 19.1 Å². The lowest BCUT2D eigenvalue weighted by Crippen LogP contribution is -2.45. The average Bonchev–Trinajstić information content (AvgIpc) is 3.36. The van der Waals surface area contributed by atoms with Gasteiger partial charge in [-0.05, 0) is 64.2 Å². The Labute approximate surface area is 460 Å². The highest BCUT2D eigenvalue weighted by Crippen LogP contribution is 2.43. The second kappa shape index (κ2) is 56.2. The summed E-state index contributed by atoms with van der Waals surface area (Å²) in [6, 6.07) is -0.860. The number of nitrogens with one attached hydrogen (secondary N) is 1. The molecule has 74 heavy (non-hydrogen) atoms. The van der Waals surface area contributed by atoms with Crippen LogP contribution in [0.4, 0.5) is 0 Å². The van der Waals surface area contributed by atoms with E-state index >= 15 is 0 Å². The molecular weight excluding hydrogens is 936 g/mol. The van der Waals surface area contributed by atoms with Crippen LogP contribution in [0.5, 0.6) is 0 Å². The highest BCUT2D eigenvalue weighted by atomic mass is 31.2. The summed E-state index contributed by atoms with van der Waals surface area (Å²) in [5.74, 6) is -0.184. The number of hydrogen-bond acceptors (Lipinski definition) is 5. The lowest BCUT2D eigenvalue weighted by atomic mass is 10.0. The molecule has 0 radical (unpaired) electrons. The van der Waals surface area contributed by atoms with E-state index in [2.05, 4.69) is 55.6 Å². The molecule has 0 saturated heterocycles. The monoisotopic (exact) mass is 1060 g/mol. The third-order valence-electron chi connectivity index (χ3n) is 14.5. The predicted molar refractivity (Wildman–Crippen MR) is 323 cm³/mol. The van der Waals surface area contributed by atoms with Crippen LogP contribution in [0.3, 0.4) is 0 Å². The first kappa shape index (κ1) is 72.5. The Kier molecular flexibility index (Phi) is 55.0. The zero-order chi connectivity index (χ0) is 54.2. The van der Waals surface area contributed by atoms with E-state index < -0.39 is 20.0 Å². The fraction of sp³-hybridized carbons (Fsp3) is 0.862. The number of allylic oxidation sites excluding steroid dienone is 7. The van der Waals surface area contributed by atoms with Crippen LogP contribution in [-0.2, 0) is 18.4 Å². The molecule has 0 aliphatic rings. The number of rotatable bonds is 59. The standard InChI is InChI=1S/C65H125N2O6P/c1-6-8-10-12-14-16-18-19-20-21-22-23-24-25-26-27-28-29-30-31-32-33-34-35-36-37-38-39-40-41-42-43-44-45-46-47-49-51-53-55-57-59-65(69)66-63(62-73-74(70,71)72-61-60-67(3,4)5)64(68)58-56-54-52-50-48-17-15-13-11-9-7-2/h18-19,21-22,48,50,56,58,63-64,68H,6-17,20,23-47,49,51-55,57,59-62H2,1-5H3,(H-,66,69,70,71)/p+1/b19-18-,22-21-,50-48+,58-56+. The molecule has 0 aromatic heterocycles. The molecule has 3 N–H and O–H groups in total. The molecule has 0 aromatic rings. The average molecular weight is 1060 g/mol. The van der Waals surface area contributed by atoms with Crippen LogP contribution in [-0.4, -0.2) is 73.4 Å². The van der Waals surface area contributed by atoms with Gasteiger partial charge >= 0.3 is 7.82 Å². The van der Waals surface area contributed by atoms with Crippen LogP contribution in [0.2, 0.25) is 0 Å². The van der Waals surface area contributed by atoms with Gasteiger partial charge in [0, 0.05) is 6.42 Å². The van der Waals surface area contributed by atoms with Gasteiger partial charge in [-0.2, -0.15) is 0 Å². The summed E-state index contributed by atoms with van der Waals surface area (Å²) < 4.78 is 23.6. The van der Waals surface area contributed by atoms with Gasteiger partial charge in [0.25, 0.3) is 0 Å². The van der Waals surface area contributed by atoms with Crippen molar-refractivity contribution in [2.24, 2.45) is 0 Å². The van der Waals surface area contributed by atoms with E-state index in [9.17, 15) is 19.4 Å². The summed E-state index contributed by atoms with van der Waals surface area (Å²) in [6.07, 6.45) is 75.6. The lowest BCUT2D eigenvalue weighted by molar-refractivity contribution is -0.870. The largest absolute Gasteiger partial charge is 0.472 e. The van der Waals surface area contributed by atoms with Crippen molar-refractivity contribution in [2.45, 2.75) is 321 Å². The minimum Gasteiger partial charge on any atom is -0.387 e. The fourth-order valence-corrected chi connectivity index (χ4v) is 10.2. The Hall–Kier alpha value is -1.54. The van der Waals surface area contributed by atoms with Crippen molar-refractivity contribution in [1.29, 1.82) is 0 Å². The molecule has 0 heterocycles. The van der Waals surface area contributed by atoms with Crippen molar-refractivity contribution < 1.29 is 32.9 Å². The predicted octanol–water partition coefficient (Wildman–Crippen LogP) is 19.9. The first-order valence-corrected chi connectivity index (χ1v) is 33.5. The van der Waals surface area contributed by atoms with Crippen LogP contribution in [0.1, 0.15) is 309 Å². The number of phosphoric ester groups is 1. The highest BCUT2D eigenvalue weighted by molar-refractivity contribution is 7.47. The van der Waals surface area contributed by atoms with Crippen molar-refractivity contribution in [3.63, 3.8) is 0 Å². The summed E-state index contributed by atoms with van der Waals surface area (Å²) in [5, 5.41) is 13.8. The molecule has 0 rings (SSSR count). The number of hydrogen-bond donors (Lipinski definition) is 3.